The van der Waals surface area contributed by atoms with Gasteiger partial charge >= 0.3 is 0 Å². The maximum absolute atomic E-state index is 8.88. The molecule has 0 aliphatic heterocycles. The number of aromatic nitrogens is 1. The summed E-state index contributed by atoms with van der Waals surface area (Å²) in [6, 6.07) is 12.6. The molecular formula is C17H21N3. The number of para-hydroxylation sites is 1. The average molecular weight is 267 g/mol. The Morgan fingerprint density at radius 3 is 2.75 bits per heavy atom. The normalized spacial score (nSPS) is 10.8. The molecule has 20 heavy (non-hydrogen) atoms. The van der Waals surface area contributed by atoms with Crippen LogP contribution in [0.15, 0.2) is 30.3 Å². The summed E-state index contributed by atoms with van der Waals surface area (Å²) in [6.45, 7) is 8.15. The van der Waals surface area contributed by atoms with E-state index in [0.717, 1.165) is 29.7 Å². The Hall–Kier alpha value is -2.08. The molecule has 0 bridgehead atoms. The van der Waals surface area contributed by atoms with Crippen molar-refractivity contribution in [3.05, 3.63) is 36.0 Å². The fourth-order valence-corrected chi connectivity index (χ4v) is 2.48. The van der Waals surface area contributed by atoms with Crippen molar-refractivity contribution in [1.82, 2.24) is 4.98 Å². The minimum absolute atomic E-state index is 0.544. The van der Waals surface area contributed by atoms with E-state index in [4.69, 9.17) is 5.26 Å². The SMILES string of the molecule is Cc1cc(N(CCC#N)CC(C)C)c2ccccc2n1. The van der Waals surface area contributed by atoms with Crippen LogP contribution >= 0.6 is 0 Å². The number of nitriles is 1. The Labute approximate surface area is 120 Å². The number of benzene rings is 1. The van der Waals surface area contributed by atoms with Crippen molar-refractivity contribution in [2.75, 3.05) is 18.0 Å². The van der Waals surface area contributed by atoms with E-state index in [1.54, 1.807) is 0 Å². The molecule has 0 aliphatic carbocycles. The van der Waals surface area contributed by atoms with Gasteiger partial charge in [0, 0.05) is 29.9 Å². The predicted octanol–water partition coefficient (Wildman–Crippen LogP) is 3.92. The zero-order valence-corrected chi connectivity index (χ0v) is 12.4. The molecule has 2 rings (SSSR count). The van der Waals surface area contributed by atoms with Gasteiger partial charge in [-0.1, -0.05) is 32.0 Å². The highest BCUT2D eigenvalue weighted by molar-refractivity contribution is 5.91. The van der Waals surface area contributed by atoms with Crippen LogP contribution in [0.25, 0.3) is 10.9 Å². The van der Waals surface area contributed by atoms with Gasteiger partial charge in [-0.3, -0.25) is 4.98 Å². The molecule has 0 atom stereocenters. The molecule has 2 aromatic rings. The van der Waals surface area contributed by atoms with E-state index in [9.17, 15) is 0 Å². The van der Waals surface area contributed by atoms with Gasteiger partial charge in [-0.05, 0) is 25.0 Å². The van der Waals surface area contributed by atoms with Crippen LogP contribution in [0.3, 0.4) is 0 Å². The van der Waals surface area contributed by atoms with E-state index in [-0.39, 0.29) is 0 Å². The van der Waals surface area contributed by atoms with E-state index in [0.29, 0.717) is 12.3 Å². The summed E-state index contributed by atoms with van der Waals surface area (Å²) >= 11 is 0. The summed E-state index contributed by atoms with van der Waals surface area (Å²) in [5.74, 6) is 0.556. The Morgan fingerprint density at radius 1 is 1.30 bits per heavy atom. The number of anilines is 1. The van der Waals surface area contributed by atoms with Crippen molar-refractivity contribution in [1.29, 1.82) is 5.26 Å². The molecule has 0 N–H and O–H groups in total. The van der Waals surface area contributed by atoms with Crippen LogP contribution in [0.5, 0.6) is 0 Å². The molecule has 0 unspecified atom stereocenters. The summed E-state index contributed by atoms with van der Waals surface area (Å²) in [6.07, 6.45) is 0.544. The van der Waals surface area contributed by atoms with Gasteiger partial charge in [-0.15, -0.1) is 0 Å². The van der Waals surface area contributed by atoms with Crippen LogP contribution in [-0.2, 0) is 0 Å². The molecule has 3 heteroatoms. The zero-order valence-electron chi connectivity index (χ0n) is 12.4. The topological polar surface area (TPSA) is 39.9 Å². The second-order valence-electron chi connectivity index (χ2n) is 5.55. The summed E-state index contributed by atoms with van der Waals surface area (Å²) in [5, 5.41) is 10.0. The van der Waals surface area contributed by atoms with Gasteiger partial charge in [-0.2, -0.15) is 5.26 Å². The van der Waals surface area contributed by atoms with Gasteiger partial charge in [0.1, 0.15) is 0 Å². The van der Waals surface area contributed by atoms with Gasteiger partial charge < -0.3 is 4.90 Å². The van der Waals surface area contributed by atoms with Crippen LogP contribution in [-0.4, -0.2) is 18.1 Å². The van der Waals surface area contributed by atoms with Gasteiger partial charge in [-0.25, -0.2) is 0 Å². The zero-order chi connectivity index (χ0) is 14.5. The monoisotopic (exact) mass is 267 g/mol. The number of aryl methyl sites for hydroxylation is 1. The lowest BCUT2D eigenvalue weighted by atomic mass is 10.1. The summed E-state index contributed by atoms with van der Waals surface area (Å²) in [5.41, 5.74) is 3.23. The van der Waals surface area contributed by atoms with Crippen molar-refractivity contribution in [3.63, 3.8) is 0 Å². The molecule has 0 amide bonds. The Morgan fingerprint density at radius 2 is 2.05 bits per heavy atom. The van der Waals surface area contributed by atoms with Crippen molar-refractivity contribution in [2.24, 2.45) is 5.92 Å². The molecule has 1 heterocycles. The lowest BCUT2D eigenvalue weighted by molar-refractivity contribution is 0.613. The van der Waals surface area contributed by atoms with E-state index < -0.39 is 0 Å². The Bertz CT molecular complexity index is 626. The highest BCUT2D eigenvalue weighted by Gasteiger charge is 2.13. The lowest BCUT2D eigenvalue weighted by Gasteiger charge is -2.27. The second kappa shape index (κ2) is 6.38. The molecule has 0 spiro atoms. The molecule has 0 radical (unpaired) electrons. The average Bonchev–Trinajstić information content (AvgIpc) is 2.42. The minimum atomic E-state index is 0.544. The number of rotatable bonds is 5. The number of fused-ring (bicyclic) bond motifs is 1. The first-order valence-corrected chi connectivity index (χ1v) is 7.10. The Balaban J connectivity index is 2.48. The molecular weight excluding hydrogens is 246 g/mol. The molecule has 1 aromatic carbocycles. The maximum Gasteiger partial charge on any atom is 0.0726 e. The molecule has 0 saturated heterocycles. The first-order chi connectivity index (χ1) is 9.61. The summed E-state index contributed by atoms with van der Waals surface area (Å²) in [7, 11) is 0. The first kappa shape index (κ1) is 14.3. The number of nitrogens with zero attached hydrogens (tertiary/aromatic N) is 3. The molecule has 0 saturated carbocycles. The summed E-state index contributed by atoms with van der Waals surface area (Å²) in [4.78, 5) is 6.90. The largest absolute Gasteiger partial charge is 0.370 e. The maximum atomic E-state index is 8.88. The molecule has 3 nitrogen and oxygen atoms in total. The third-order valence-electron chi connectivity index (χ3n) is 3.24. The van der Waals surface area contributed by atoms with E-state index >= 15 is 0 Å². The highest BCUT2D eigenvalue weighted by atomic mass is 15.1. The predicted molar refractivity (Wildman–Crippen MR) is 83.8 cm³/mol. The van der Waals surface area contributed by atoms with E-state index in [2.05, 4.69) is 41.9 Å². The lowest BCUT2D eigenvalue weighted by Crippen LogP contribution is -2.28. The van der Waals surface area contributed by atoms with Crippen LogP contribution in [0, 0.1) is 24.2 Å². The number of pyridine rings is 1. The Kier molecular flexibility index (Phi) is 4.57. The van der Waals surface area contributed by atoms with Crippen LogP contribution < -0.4 is 4.90 Å². The van der Waals surface area contributed by atoms with Gasteiger partial charge in [0.25, 0.3) is 0 Å². The van der Waals surface area contributed by atoms with Crippen molar-refractivity contribution < 1.29 is 0 Å². The second-order valence-corrected chi connectivity index (χ2v) is 5.55. The van der Waals surface area contributed by atoms with Gasteiger partial charge in [0.2, 0.25) is 0 Å². The first-order valence-electron chi connectivity index (χ1n) is 7.10. The number of hydrogen-bond acceptors (Lipinski definition) is 3. The van der Waals surface area contributed by atoms with Crippen molar-refractivity contribution >= 4 is 16.6 Å². The summed E-state index contributed by atoms with van der Waals surface area (Å²) < 4.78 is 0. The fraction of sp³-hybridized carbons (Fsp3) is 0.412. The van der Waals surface area contributed by atoms with Crippen LogP contribution in [0.2, 0.25) is 0 Å². The smallest absolute Gasteiger partial charge is 0.0726 e. The minimum Gasteiger partial charge on any atom is -0.370 e. The quantitative estimate of drug-likeness (QED) is 0.824. The standard InChI is InChI=1S/C17H21N3/c1-13(2)12-20(10-6-9-18)17-11-14(3)19-16-8-5-4-7-15(16)17/h4-5,7-8,11,13H,6,10,12H2,1-3H3. The molecule has 104 valence electrons. The third kappa shape index (κ3) is 3.27. The van der Waals surface area contributed by atoms with Crippen molar-refractivity contribution in [2.45, 2.75) is 27.2 Å². The van der Waals surface area contributed by atoms with Crippen LogP contribution in [0.4, 0.5) is 5.69 Å². The third-order valence-corrected chi connectivity index (χ3v) is 3.24. The van der Waals surface area contributed by atoms with Gasteiger partial charge in [0.15, 0.2) is 0 Å². The van der Waals surface area contributed by atoms with Gasteiger partial charge in [0.05, 0.1) is 18.0 Å². The highest BCUT2D eigenvalue weighted by Crippen LogP contribution is 2.27. The van der Waals surface area contributed by atoms with Crippen LogP contribution in [0.1, 0.15) is 26.0 Å². The fourth-order valence-electron chi connectivity index (χ4n) is 2.48. The molecule has 1 aromatic heterocycles. The van der Waals surface area contributed by atoms with E-state index in [1.165, 1.54) is 5.69 Å². The number of hydrogen-bond donors (Lipinski definition) is 0. The van der Waals surface area contributed by atoms with Crippen molar-refractivity contribution in [3.8, 4) is 6.07 Å². The van der Waals surface area contributed by atoms with E-state index in [1.807, 2.05) is 25.1 Å². The molecule has 0 aliphatic rings. The molecule has 0 fully saturated rings.